The van der Waals surface area contributed by atoms with Crippen molar-refractivity contribution in [3.05, 3.63) is 95.8 Å². The Morgan fingerprint density at radius 2 is 1.77 bits per heavy atom. The van der Waals surface area contributed by atoms with Gasteiger partial charge in [0.2, 0.25) is 0 Å². The van der Waals surface area contributed by atoms with Crippen molar-refractivity contribution >= 4 is 28.4 Å². The van der Waals surface area contributed by atoms with E-state index < -0.39 is 0 Å². The zero-order valence-corrected chi connectivity index (χ0v) is 21.7. The molecule has 6 rings (SSSR count). The fourth-order valence-electron chi connectivity index (χ4n) is 5.00. The van der Waals surface area contributed by atoms with Gasteiger partial charge in [0.05, 0.1) is 11.0 Å². The maximum atomic E-state index is 13.4. The van der Waals surface area contributed by atoms with Crippen molar-refractivity contribution in [3.8, 4) is 11.5 Å². The molecular formula is C30H30FN7O. The van der Waals surface area contributed by atoms with E-state index in [0.29, 0.717) is 35.5 Å². The van der Waals surface area contributed by atoms with Crippen LogP contribution in [0.15, 0.2) is 78.9 Å². The molecule has 5 aromatic rings. The zero-order valence-electron chi connectivity index (χ0n) is 21.7. The van der Waals surface area contributed by atoms with Gasteiger partial charge in [0, 0.05) is 29.9 Å². The summed E-state index contributed by atoms with van der Waals surface area (Å²) >= 11 is 0. The number of nitrogens with zero attached hydrogens (tertiary/aromatic N) is 4. The molecule has 3 N–H and O–H groups in total. The Morgan fingerprint density at radius 3 is 2.54 bits per heavy atom. The minimum atomic E-state index is -0.273. The molecule has 1 aliphatic rings. The summed E-state index contributed by atoms with van der Waals surface area (Å²) in [6, 6.07) is 24.0. The van der Waals surface area contributed by atoms with Crippen LogP contribution in [0.2, 0.25) is 0 Å². The number of piperidine rings is 1. The molecule has 3 aromatic carbocycles. The number of anilines is 2. The standard InChI is InChI=1S/C30H30FN7O/c1-37-16-14-24(15-17-37)32-23-12-8-21(9-13-23)30(39)34-28-18-26(35-36-28)29-33-25-4-2-3-5-27(25)38(29)19-20-6-10-22(31)11-7-20/h2-13,18,24,32H,14-17,19H2,1H3,(H2,34,35,36,39). The largest absolute Gasteiger partial charge is 0.382 e. The molecule has 0 radical (unpaired) electrons. The van der Waals surface area contributed by atoms with Crippen LogP contribution < -0.4 is 10.6 Å². The number of fused-ring (bicyclic) bond motifs is 1. The van der Waals surface area contributed by atoms with Gasteiger partial charge in [-0.1, -0.05) is 24.3 Å². The van der Waals surface area contributed by atoms with E-state index in [1.165, 1.54) is 12.1 Å². The van der Waals surface area contributed by atoms with E-state index in [-0.39, 0.29) is 11.7 Å². The number of carbonyl (C=O) groups is 1. The molecule has 1 amide bonds. The van der Waals surface area contributed by atoms with Crippen molar-refractivity contribution in [1.29, 1.82) is 0 Å². The van der Waals surface area contributed by atoms with E-state index in [9.17, 15) is 9.18 Å². The average molecular weight is 524 g/mol. The number of aromatic nitrogens is 4. The van der Waals surface area contributed by atoms with Crippen molar-refractivity contribution in [2.24, 2.45) is 0 Å². The summed E-state index contributed by atoms with van der Waals surface area (Å²) in [6.45, 7) is 2.68. The summed E-state index contributed by atoms with van der Waals surface area (Å²) in [4.78, 5) is 20.1. The van der Waals surface area contributed by atoms with Gasteiger partial charge in [-0.25, -0.2) is 9.37 Å². The van der Waals surface area contributed by atoms with E-state index in [2.05, 4.69) is 32.8 Å². The first kappa shape index (κ1) is 24.8. The maximum Gasteiger partial charge on any atom is 0.256 e. The predicted molar refractivity (Wildman–Crippen MR) is 151 cm³/mol. The second-order valence-electron chi connectivity index (χ2n) is 10.1. The second kappa shape index (κ2) is 10.7. The van der Waals surface area contributed by atoms with Crippen molar-refractivity contribution in [2.75, 3.05) is 30.8 Å². The highest BCUT2D eigenvalue weighted by atomic mass is 19.1. The number of likely N-dealkylation sites (tertiary alicyclic amines) is 1. The third-order valence-electron chi connectivity index (χ3n) is 7.20. The molecule has 1 fully saturated rings. The highest BCUT2D eigenvalue weighted by Crippen LogP contribution is 2.26. The SMILES string of the molecule is CN1CCC(Nc2ccc(C(=O)Nc3cc(-c4nc5ccccc5n4Cc4ccc(F)cc4)n[nH]3)cc2)CC1. The predicted octanol–water partition coefficient (Wildman–Crippen LogP) is 5.37. The molecule has 0 spiro atoms. The molecular weight excluding hydrogens is 493 g/mol. The summed E-state index contributed by atoms with van der Waals surface area (Å²) < 4.78 is 15.5. The molecule has 9 heteroatoms. The number of amides is 1. The number of aromatic amines is 1. The topological polar surface area (TPSA) is 90.9 Å². The minimum Gasteiger partial charge on any atom is -0.382 e. The van der Waals surface area contributed by atoms with Crippen molar-refractivity contribution in [1.82, 2.24) is 24.6 Å². The monoisotopic (exact) mass is 523 g/mol. The number of hydrogen-bond donors (Lipinski definition) is 3. The first-order valence-corrected chi connectivity index (χ1v) is 13.1. The first-order chi connectivity index (χ1) is 19.0. The van der Waals surface area contributed by atoms with Crippen molar-refractivity contribution < 1.29 is 9.18 Å². The number of rotatable bonds is 7. The molecule has 0 saturated carbocycles. The second-order valence-corrected chi connectivity index (χ2v) is 10.1. The Kier molecular flexibility index (Phi) is 6.81. The van der Waals surface area contributed by atoms with Crippen LogP contribution in [0, 0.1) is 5.82 Å². The lowest BCUT2D eigenvalue weighted by Gasteiger charge is -2.30. The molecule has 0 aliphatic carbocycles. The molecule has 0 unspecified atom stereocenters. The molecule has 8 nitrogen and oxygen atoms in total. The molecule has 3 heterocycles. The summed E-state index contributed by atoms with van der Waals surface area (Å²) in [5.74, 6) is 0.631. The van der Waals surface area contributed by atoms with Gasteiger partial charge in [-0.05, 0) is 87.1 Å². The zero-order chi connectivity index (χ0) is 26.8. The van der Waals surface area contributed by atoms with Crippen LogP contribution in [0.25, 0.3) is 22.6 Å². The Bertz CT molecular complexity index is 1580. The van der Waals surface area contributed by atoms with E-state index in [0.717, 1.165) is 48.2 Å². The van der Waals surface area contributed by atoms with Gasteiger partial charge >= 0.3 is 0 Å². The lowest BCUT2D eigenvalue weighted by molar-refractivity contribution is 0.102. The van der Waals surface area contributed by atoms with Gasteiger partial charge in [-0.15, -0.1) is 0 Å². The summed E-state index contributed by atoms with van der Waals surface area (Å²) in [7, 11) is 2.15. The Balaban J connectivity index is 1.17. The van der Waals surface area contributed by atoms with E-state index >= 15 is 0 Å². The third kappa shape index (κ3) is 5.53. The van der Waals surface area contributed by atoms with Crippen LogP contribution in [-0.4, -0.2) is 56.7 Å². The quantitative estimate of drug-likeness (QED) is 0.267. The average Bonchev–Trinajstić information content (AvgIpc) is 3.56. The lowest BCUT2D eigenvalue weighted by Crippen LogP contribution is -2.36. The Morgan fingerprint density at radius 1 is 1.03 bits per heavy atom. The maximum absolute atomic E-state index is 13.4. The number of H-pyrrole nitrogens is 1. The van der Waals surface area contributed by atoms with E-state index in [4.69, 9.17) is 4.98 Å². The Hall–Kier alpha value is -4.50. The van der Waals surface area contributed by atoms with Crippen molar-refractivity contribution in [2.45, 2.75) is 25.4 Å². The highest BCUT2D eigenvalue weighted by molar-refractivity contribution is 6.04. The summed E-state index contributed by atoms with van der Waals surface area (Å²) in [5, 5.41) is 13.8. The number of hydrogen-bond acceptors (Lipinski definition) is 5. The van der Waals surface area contributed by atoms with Crippen molar-refractivity contribution in [3.63, 3.8) is 0 Å². The number of imidazole rings is 1. The molecule has 198 valence electrons. The minimum absolute atomic E-state index is 0.226. The van der Waals surface area contributed by atoms with Gasteiger partial charge in [0.25, 0.3) is 5.91 Å². The van der Waals surface area contributed by atoms with E-state index in [1.807, 2.05) is 53.1 Å². The van der Waals surface area contributed by atoms with Gasteiger partial charge in [0.15, 0.2) is 5.82 Å². The van der Waals surface area contributed by atoms with Crippen LogP contribution in [-0.2, 0) is 6.54 Å². The van der Waals surface area contributed by atoms with Gasteiger partial charge in [-0.3, -0.25) is 9.89 Å². The summed E-state index contributed by atoms with van der Waals surface area (Å²) in [6.07, 6.45) is 2.22. The van der Waals surface area contributed by atoms with Crippen LogP contribution in [0.4, 0.5) is 15.9 Å². The van der Waals surface area contributed by atoms with Gasteiger partial charge < -0.3 is 20.1 Å². The Labute approximate surface area is 225 Å². The number of nitrogens with one attached hydrogen (secondary N) is 3. The molecule has 1 saturated heterocycles. The number of carbonyl (C=O) groups excluding carboxylic acids is 1. The summed E-state index contributed by atoms with van der Waals surface area (Å²) in [5.41, 5.74) is 4.89. The number of halogens is 1. The van der Waals surface area contributed by atoms with Crippen LogP contribution in [0.3, 0.4) is 0 Å². The van der Waals surface area contributed by atoms with Gasteiger partial charge in [0.1, 0.15) is 17.3 Å². The molecule has 39 heavy (non-hydrogen) atoms. The smallest absolute Gasteiger partial charge is 0.256 e. The fraction of sp³-hybridized carbons (Fsp3) is 0.233. The lowest BCUT2D eigenvalue weighted by atomic mass is 10.0. The van der Waals surface area contributed by atoms with E-state index in [1.54, 1.807) is 18.2 Å². The molecule has 0 bridgehead atoms. The molecule has 1 aliphatic heterocycles. The van der Waals surface area contributed by atoms with Crippen LogP contribution >= 0.6 is 0 Å². The van der Waals surface area contributed by atoms with Crippen LogP contribution in [0.5, 0.6) is 0 Å². The fourth-order valence-corrected chi connectivity index (χ4v) is 5.00. The number of para-hydroxylation sites is 2. The number of benzene rings is 3. The van der Waals surface area contributed by atoms with Gasteiger partial charge in [-0.2, -0.15) is 5.10 Å². The highest BCUT2D eigenvalue weighted by Gasteiger charge is 2.18. The normalized spacial score (nSPS) is 14.5. The third-order valence-corrected chi connectivity index (χ3v) is 7.20. The van der Waals surface area contributed by atoms with Crippen LogP contribution in [0.1, 0.15) is 28.8 Å². The molecule has 2 aromatic heterocycles. The molecule has 0 atom stereocenters. The first-order valence-electron chi connectivity index (χ1n) is 13.1.